The molecule has 0 saturated carbocycles. The van der Waals surface area contributed by atoms with Crippen molar-refractivity contribution in [3.05, 3.63) is 109 Å². The van der Waals surface area contributed by atoms with Crippen LogP contribution in [0.15, 0.2) is 92.2 Å². The number of nitrogens with one attached hydrogen (secondary N) is 3. The zero-order valence-corrected chi connectivity index (χ0v) is 21.2. The number of hydrogen-bond acceptors (Lipinski definition) is 5. The molecule has 5 heterocycles. The van der Waals surface area contributed by atoms with E-state index in [1.54, 1.807) is 18.5 Å². The molecule has 5 rings (SSSR count). The summed E-state index contributed by atoms with van der Waals surface area (Å²) >= 11 is 0. The molecule has 0 aliphatic rings. The van der Waals surface area contributed by atoms with Gasteiger partial charge in [-0.25, -0.2) is 4.98 Å². The quantitative estimate of drug-likeness (QED) is 0.207. The second kappa shape index (κ2) is 10.1. The number of hydrogen-bond donors (Lipinski definition) is 3. The molecule has 0 aromatic carbocycles. The molecule has 0 fully saturated rings. The molecule has 0 atom stereocenters. The molecule has 5 aromatic rings. The first kappa shape index (κ1) is 23.9. The predicted molar refractivity (Wildman–Crippen MR) is 151 cm³/mol. The lowest BCUT2D eigenvalue weighted by atomic mass is 10.0. The van der Waals surface area contributed by atoms with Gasteiger partial charge in [-0.1, -0.05) is 45.2 Å². The van der Waals surface area contributed by atoms with Crippen molar-refractivity contribution in [3.63, 3.8) is 0 Å². The second-order valence-corrected chi connectivity index (χ2v) is 9.21. The van der Waals surface area contributed by atoms with Crippen LogP contribution in [-0.4, -0.2) is 30.1 Å². The molecular formula is C30H29N7. The molecular weight excluding hydrogens is 458 g/mol. The molecule has 3 N–H and O–H groups in total. The molecule has 0 radical (unpaired) electrons. The lowest BCUT2D eigenvalue weighted by Crippen LogP contribution is -2.04. The minimum absolute atomic E-state index is 0.323. The number of anilines is 1. The number of aryl methyl sites for hydroxylation is 1. The molecule has 5 aromatic heterocycles. The fourth-order valence-corrected chi connectivity index (χ4v) is 4.18. The van der Waals surface area contributed by atoms with E-state index in [9.17, 15) is 0 Å². The highest BCUT2D eigenvalue weighted by molar-refractivity contribution is 5.94. The van der Waals surface area contributed by atoms with Gasteiger partial charge in [-0.3, -0.25) is 15.1 Å². The fraction of sp³-hybridized carbons (Fsp3) is 0.133. The van der Waals surface area contributed by atoms with Crippen LogP contribution in [0.25, 0.3) is 39.1 Å². The highest BCUT2D eigenvalue weighted by Gasteiger charge is 2.17. The van der Waals surface area contributed by atoms with Crippen molar-refractivity contribution >= 4 is 22.3 Å². The van der Waals surface area contributed by atoms with Crippen LogP contribution < -0.4 is 5.32 Å². The summed E-state index contributed by atoms with van der Waals surface area (Å²) in [5, 5.41) is 11.9. The Bertz CT molecular complexity index is 1620. The highest BCUT2D eigenvalue weighted by atomic mass is 15.2. The first-order valence-corrected chi connectivity index (χ1v) is 12.1. The van der Waals surface area contributed by atoms with Gasteiger partial charge in [-0.15, -0.1) is 0 Å². The van der Waals surface area contributed by atoms with E-state index in [0.717, 1.165) is 61.8 Å². The van der Waals surface area contributed by atoms with E-state index < -0.39 is 0 Å². The topological polar surface area (TPSA) is 95.2 Å². The Morgan fingerprint density at radius 2 is 1.89 bits per heavy atom. The molecule has 0 aliphatic heterocycles. The smallest absolute Gasteiger partial charge is 0.181 e. The van der Waals surface area contributed by atoms with Crippen LogP contribution in [0.4, 0.5) is 5.69 Å². The van der Waals surface area contributed by atoms with Gasteiger partial charge in [0.25, 0.3) is 0 Å². The molecule has 0 spiro atoms. The van der Waals surface area contributed by atoms with Crippen molar-refractivity contribution in [1.82, 2.24) is 30.1 Å². The molecule has 37 heavy (non-hydrogen) atoms. The number of H-pyrrole nitrogens is 2. The van der Waals surface area contributed by atoms with Crippen LogP contribution in [0, 0.1) is 12.8 Å². The SMILES string of the molecule is C=C/C=C(/c1ccccn1)c1cc(-c2[nH]nc3ncc(-c4cncc(NC(=C)C(C)C)c4)cc23)[nH]c1C. The maximum absolute atomic E-state index is 4.61. The van der Waals surface area contributed by atoms with Gasteiger partial charge in [0.1, 0.15) is 0 Å². The van der Waals surface area contributed by atoms with Crippen LogP contribution in [0.1, 0.15) is 30.8 Å². The van der Waals surface area contributed by atoms with Gasteiger partial charge in [-0.05, 0) is 43.2 Å². The molecule has 0 saturated heterocycles. The van der Waals surface area contributed by atoms with Crippen molar-refractivity contribution < 1.29 is 0 Å². The number of allylic oxidation sites excluding steroid dienone is 3. The second-order valence-electron chi connectivity index (χ2n) is 9.21. The third kappa shape index (κ3) is 4.84. The minimum Gasteiger partial charge on any atom is -0.358 e. The molecule has 0 amide bonds. The van der Waals surface area contributed by atoms with Gasteiger partial charge >= 0.3 is 0 Å². The average Bonchev–Trinajstić information content (AvgIpc) is 3.50. The number of nitrogens with zero attached hydrogens (tertiary/aromatic N) is 4. The van der Waals surface area contributed by atoms with Crippen LogP contribution in [0.3, 0.4) is 0 Å². The Labute approximate surface area is 216 Å². The fourth-order valence-electron chi connectivity index (χ4n) is 4.18. The maximum atomic E-state index is 4.61. The third-order valence-corrected chi connectivity index (χ3v) is 6.28. The Kier molecular flexibility index (Phi) is 6.51. The number of rotatable bonds is 8. The van der Waals surface area contributed by atoms with E-state index in [-0.39, 0.29) is 0 Å². The summed E-state index contributed by atoms with van der Waals surface area (Å²) in [5.74, 6) is 0.323. The van der Waals surface area contributed by atoms with Gasteiger partial charge in [0.05, 0.1) is 29.0 Å². The summed E-state index contributed by atoms with van der Waals surface area (Å²) in [6.07, 6.45) is 11.0. The number of aromatic nitrogens is 6. The molecule has 0 aliphatic carbocycles. The van der Waals surface area contributed by atoms with E-state index >= 15 is 0 Å². The van der Waals surface area contributed by atoms with Crippen LogP contribution in [0.2, 0.25) is 0 Å². The largest absolute Gasteiger partial charge is 0.358 e. The molecule has 0 unspecified atom stereocenters. The van der Waals surface area contributed by atoms with Gasteiger partial charge in [0.2, 0.25) is 0 Å². The highest BCUT2D eigenvalue weighted by Crippen LogP contribution is 2.33. The average molecular weight is 488 g/mol. The number of fused-ring (bicyclic) bond motifs is 1. The predicted octanol–water partition coefficient (Wildman–Crippen LogP) is 6.92. The summed E-state index contributed by atoms with van der Waals surface area (Å²) < 4.78 is 0. The summed E-state index contributed by atoms with van der Waals surface area (Å²) in [7, 11) is 0. The van der Waals surface area contributed by atoms with Crippen molar-refractivity contribution in [3.8, 4) is 22.5 Å². The zero-order chi connectivity index (χ0) is 25.9. The first-order valence-electron chi connectivity index (χ1n) is 12.1. The Hall–Kier alpha value is -4.78. The Balaban J connectivity index is 1.54. The van der Waals surface area contributed by atoms with Crippen LogP contribution in [-0.2, 0) is 0 Å². The monoisotopic (exact) mass is 487 g/mol. The summed E-state index contributed by atoms with van der Waals surface area (Å²) in [6, 6.07) is 12.1. The molecule has 184 valence electrons. The Morgan fingerprint density at radius 3 is 2.65 bits per heavy atom. The summed E-state index contributed by atoms with van der Waals surface area (Å²) in [5.41, 5.74) is 10.1. The van der Waals surface area contributed by atoms with E-state index in [1.165, 1.54) is 0 Å². The van der Waals surface area contributed by atoms with Crippen LogP contribution >= 0.6 is 0 Å². The van der Waals surface area contributed by atoms with Gasteiger partial charge in [-0.2, -0.15) is 5.10 Å². The molecule has 7 heteroatoms. The first-order chi connectivity index (χ1) is 17.9. The zero-order valence-electron chi connectivity index (χ0n) is 21.2. The Morgan fingerprint density at radius 1 is 1.05 bits per heavy atom. The summed E-state index contributed by atoms with van der Waals surface area (Å²) in [6.45, 7) is 14.3. The maximum Gasteiger partial charge on any atom is 0.181 e. The van der Waals surface area contributed by atoms with Gasteiger partial charge < -0.3 is 10.3 Å². The standard InChI is InChI=1S/C30H29N7/c1-6-9-24(27-10-7-8-11-32-27)25-14-28(35-20(25)5)29-26-13-22(16-33-30(26)37-36-29)21-12-23(17-31-15-21)34-19(4)18(2)3/h6-18,34-35H,1,4H2,2-3,5H3,(H,33,36,37)/b24-9+. The van der Waals surface area contributed by atoms with E-state index in [2.05, 4.69) is 87.6 Å². The lowest BCUT2D eigenvalue weighted by Gasteiger charge is -2.13. The lowest BCUT2D eigenvalue weighted by molar-refractivity contribution is 0.778. The van der Waals surface area contributed by atoms with Gasteiger partial charge in [0.15, 0.2) is 5.65 Å². The number of aromatic amines is 2. The van der Waals surface area contributed by atoms with E-state index in [4.69, 9.17) is 0 Å². The third-order valence-electron chi connectivity index (χ3n) is 6.28. The minimum atomic E-state index is 0.323. The van der Waals surface area contributed by atoms with Crippen LogP contribution in [0.5, 0.6) is 0 Å². The van der Waals surface area contributed by atoms with Crippen molar-refractivity contribution in [1.29, 1.82) is 0 Å². The van der Waals surface area contributed by atoms with Crippen molar-refractivity contribution in [2.75, 3.05) is 5.32 Å². The van der Waals surface area contributed by atoms with E-state index in [0.29, 0.717) is 11.6 Å². The van der Waals surface area contributed by atoms with Crippen molar-refractivity contribution in [2.45, 2.75) is 20.8 Å². The number of pyridine rings is 3. The van der Waals surface area contributed by atoms with Gasteiger partial charge in [0, 0.05) is 57.6 Å². The molecule has 7 nitrogen and oxygen atoms in total. The molecule has 0 bridgehead atoms. The van der Waals surface area contributed by atoms with E-state index in [1.807, 2.05) is 36.7 Å². The van der Waals surface area contributed by atoms with Crippen molar-refractivity contribution in [2.24, 2.45) is 5.92 Å². The summed E-state index contributed by atoms with van der Waals surface area (Å²) in [4.78, 5) is 17.1. The normalized spacial score (nSPS) is 11.7.